The maximum absolute atomic E-state index is 13.4. The molecule has 0 saturated heterocycles. The Kier molecular flexibility index (Phi) is 5.97. The van der Waals surface area contributed by atoms with Crippen LogP contribution in [-0.4, -0.2) is 19.6 Å². The van der Waals surface area contributed by atoms with Crippen LogP contribution in [-0.2, 0) is 4.79 Å². The third kappa shape index (κ3) is 4.71. The first kappa shape index (κ1) is 16.8. The number of amides is 1. The minimum Gasteiger partial charge on any atom is -0.497 e. The van der Waals surface area contributed by atoms with Crippen molar-refractivity contribution in [3.63, 3.8) is 0 Å². The molecule has 122 valence electrons. The molecule has 1 atom stereocenters. The van der Waals surface area contributed by atoms with Crippen LogP contribution in [0.5, 0.6) is 11.5 Å². The second-order valence-corrected chi connectivity index (χ2v) is 5.02. The molecule has 2 rings (SSSR count). The van der Waals surface area contributed by atoms with E-state index in [1.807, 2.05) is 31.2 Å². The molecule has 5 heteroatoms. The number of methoxy groups -OCH3 is 1. The number of hydrogen-bond acceptors (Lipinski definition) is 3. The van der Waals surface area contributed by atoms with Crippen LogP contribution in [0.25, 0.3) is 0 Å². The smallest absolute Gasteiger partial charge is 0.258 e. The van der Waals surface area contributed by atoms with E-state index >= 15 is 0 Å². The number of carbonyl (C=O) groups excluding carboxylic acids is 1. The maximum Gasteiger partial charge on any atom is 0.258 e. The van der Waals surface area contributed by atoms with Crippen molar-refractivity contribution in [2.45, 2.75) is 19.4 Å². The van der Waals surface area contributed by atoms with Gasteiger partial charge in [0.05, 0.1) is 13.2 Å². The van der Waals surface area contributed by atoms with Crippen LogP contribution in [0.15, 0.2) is 48.5 Å². The number of ether oxygens (including phenoxy) is 2. The monoisotopic (exact) mass is 317 g/mol. The van der Waals surface area contributed by atoms with E-state index in [2.05, 4.69) is 5.32 Å². The second-order valence-electron chi connectivity index (χ2n) is 5.02. The van der Waals surface area contributed by atoms with Crippen molar-refractivity contribution in [3.8, 4) is 11.5 Å². The number of hydrogen-bond donors (Lipinski definition) is 1. The highest BCUT2D eigenvalue weighted by atomic mass is 19.1. The van der Waals surface area contributed by atoms with Crippen LogP contribution in [0.3, 0.4) is 0 Å². The highest BCUT2D eigenvalue weighted by Gasteiger charge is 2.14. The molecule has 1 N–H and O–H groups in total. The summed E-state index contributed by atoms with van der Waals surface area (Å²) >= 11 is 0. The van der Waals surface area contributed by atoms with Gasteiger partial charge in [0.25, 0.3) is 5.91 Å². The third-order valence-corrected chi connectivity index (χ3v) is 3.46. The predicted octanol–water partition coefficient (Wildman–Crippen LogP) is 3.48. The van der Waals surface area contributed by atoms with Gasteiger partial charge < -0.3 is 14.8 Å². The first-order valence-electron chi connectivity index (χ1n) is 7.44. The SMILES string of the molecule is CC[C@@H](NC(=O)COc1ccccc1F)c1ccc(OC)cc1. The van der Waals surface area contributed by atoms with Gasteiger partial charge in [-0.1, -0.05) is 31.2 Å². The van der Waals surface area contributed by atoms with E-state index in [-0.39, 0.29) is 24.3 Å². The summed E-state index contributed by atoms with van der Waals surface area (Å²) in [6, 6.07) is 13.4. The fourth-order valence-corrected chi connectivity index (χ4v) is 2.20. The topological polar surface area (TPSA) is 47.6 Å². The molecule has 0 aliphatic carbocycles. The number of halogens is 1. The van der Waals surface area contributed by atoms with Gasteiger partial charge in [-0.2, -0.15) is 0 Å². The maximum atomic E-state index is 13.4. The van der Waals surface area contributed by atoms with E-state index in [9.17, 15) is 9.18 Å². The zero-order chi connectivity index (χ0) is 16.7. The van der Waals surface area contributed by atoms with Crippen molar-refractivity contribution in [1.29, 1.82) is 0 Å². The van der Waals surface area contributed by atoms with Gasteiger partial charge >= 0.3 is 0 Å². The normalized spacial score (nSPS) is 11.6. The lowest BCUT2D eigenvalue weighted by molar-refractivity contribution is -0.123. The Balaban J connectivity index is 1.92. The van der Waals surface area contributed by atoms with Crippen LogP contribution in [0.2, 0.25) is 0 Å². The molecular weight excluding hydrogens is 297 g/mol. The molecule has 2 aromatic carbocycles. The van der Waals surface area contributed by atoms with Gasteiger partial charge in [-0.3, -0.25) is 4.79 Å². The van der Waals surface area contributed by atoms with Crippen LogP contribution >= 0.6 is 0 Å². The average molecular weight is 317 g/mol. The molecule has 2 aromatic rings. The zero-order valence-corrected chi connectivity index (χ0v) is 13.2. The van der Waals surface area contributed by atoms with Crippen LogP contribution in [0, 0.1) is 5.82 Å². The van der Waals surface area contributed by atoms with Gasteiger partial charge in [-0.05, 0) is 36.2 Å². The number of para-hydroxylation sites is 1. The van der Waals surface area contributed by atoms with E-state index in [0.29, 0.717) is 0 Å². The Hall–Kier alpha value is -2.56. The standard InChI is InChI=1S/C18H20FNO3/c1-3-16(13-8-10-14(22-2)11-9-13)20-18(21)12-23-17-7-5-4-6-15(17)19/h4-11,16H,3,12H2,1-2H3,(H,20,21)/t16-/m1/s1. The summed E-state index contributed by atoms with van der Waals surface area (Å²) in [7, 11) is 1.61. The Morgan fingerprint density at radius 2 is 1.87 bits per heavy atom. The first-order chi connectivity index (χ1) is 11.1. The van der Waals surface area contributed by atoms with E-state index < -0.39 is 5.82 Å². The van der Waals surface area contributed by atoms with Gasteiger partial charge in [0.1, 0.15) is 5.75 Å². The quantitative estimate of drug-likeness (QED) is 0.850. The molecular formula is C18H20FNO3. The molecule has 0 unspecified atom stereocenters. The minimum absolute atomic E-state index is 0.0696. The Morgan fingerprint density at radius 3 is 2.48 bits per heavy atom. The van der Waals surface area contributed by atoms with Crippen molar-refractivity contribution >= 4 is 5.91 Å². The molecule has 0 bridgehead atoms. The number of carbonyl (C=O) groups is 1. The minimum atomic E-state index is -0.484. The molecule has 0 aliphatic rings. The third-order valence-electron chi connectivity index (χ3n) is 3.46. The van der Waals surface area contributed by atoms with Crippen LogP contribution in [0.4, 0.5) is 4.39 Å². The molecule has 1 amide bonds. The van der Waals surface area contributed by atoms with Crippen molar-refractivity contribution in [3.05, 3.63) is 59.9 Å². The summed E-state index contributed by atoms with van der Waals surface area (Å²) in [5.74, 6) is 0.0522. The molecule has 23 heavy (non-hydrogen) atoms. The summed E-state index contributed by atoms with van der Waals surface area (Å²) in [4.78, 5) is 12.0. The molecule has 0 aromatic heterocycles. The second kappa shape index (κ2) is 8.17. The predicted molar refractivity (Wildman–Crippen MR) is 86.1 cm³/mol. The molecule has 0 aliphatic heterocycles. The van der Waals surface area contributed by atoms with E-state index in [0.717, 1.165) is 17.7 Å². The van der Waals surface area contributed by atoms with Crippen molar-refractivity contribution in [2.75, 3.05) is 13.7 Å². The van der Waals surface area contributed by atoms with E-state index in [1.165, 1.54) is 12.1 Å². The lowest BCUT2D eigenvalue weighted by atomic mass is 10.0. The number of rotatable bonds is 7. The first-order valence-corrected chi connectivity index (χ1v) is 7.44. The molecule has 0 spiro atoms. The largest absolute Gasteiger partial charge is 0.497 e. The lowest BCUT2D eigenvalue weighted by Crippen LogP contribution is -2.32. The Bertz CT molecular complexity index is 643. The highest BCUT2D eigenvalue weighted by Crippen LogP contribution is 2.20. The fraction of sp³-hybridized carbons (Fsp3) is 0.278. The Morgan fingerprint density at radius 1 is 1.17 bits per heavy atom. The summed E-state index contributed by atoms with van der Waals surface area (Å²) in [6.07, 6.45) is 0.734. The lowest BCUT2D eigenvalue weighted by Gasteiger charge is -2.18. The van der Waals surface area contributed by atoms with Gasteiger partial charge in [0.15, 0.2) is 18.2 Å². The Labute approximate surface area is 135 Å². The number of benzene rings is 2. The summed E-state index contributed by atoms with van der Waals surface area (Å²) < 4.78 is 23.8. The average Bonchev–Trinajstić information content (AvgIpc) is 2.59. The van der Waals surface area contributed by atoms with Crippen molar-refractivity contribution < 1.29 is 18.7 Å². The molecule has 0 saturated carbocycles. The molecule has 0 heterocycles. The van der Waals surface area contributed by atoms with Crippen molar-refractivity contribution in [2.24, 2.45) is 0 Å². The van der Waals surface area contributed by atoms with Crippen LogP contribution < -0.4 is 14.8 Å². The summed E-state index contributed by atoms with van der Waals surface area (Å²) in [6.45, 7) is 1.75. The highest BCUT2D eigenvalue weighted by molar-refractivity contribution is 5.78. The zero-order valence-electron chi connectivity index (χ0n) is 13.2. The van der Waals surface area contributed by atoms with Gasteiger partial charge in [0, 0.05) is 0 Å². The van der Waals surface area contributed by atoms with Crippen molar-refractivity contribution in [1.82, 2.24) is 5.32 Å². The van der Waals surface area contributed by atoms with Crippen LogP contribution in [0.1, 0.15) is 24.9 Å². The molecule has 0 radical (unpaired) electrons. The van der Waals surface area contributed by atoms with Gasteiger partial charge in [0.2, 0.25) is 0 Å². The molecule has 4 nitrogen and oxygen atoms in total. The number of nitrogens with one attached hydrogen (secondary N) is 1. The van der Waals surface area contributed by atoms with Gasteiger partial charge in [-0.25, -0.2) is 4.39 Å². The molecule has 0 fully saturated rings. The summed E-state index contributed by atoms with van der Waals surface area (Å²) in [5, 5.41) is 2.88. The van der Waals surface area contributed by atoms with E-state index in [1.54, 1.807) is 19.2 Å². The summed E-state index contributed by atoms with van der Waals surface area (Å²) in [5.41, 5.74) is 0.979. The van der Waals surface area contributed by atoms with E-state index in [4.69, 9.17) is 9.47 Å². The fourth-order valence-electron chi connectivity index (χ4n) is 2.20. The van der Waals surface area contributed by atoms with Gasteiger partial charge in [-0.15, -0.1) is 0 Å².